The molecular formula is C27H39ClN4O3S. The number of nitrogens with zero attached hydrogens (tertiary/aromatic N) is 3. The van der Waals surface area contributed by atoms with Gasteiger partial charge in [-0.2, -0.15) is 0 Å². The van der Waals surface area contributed by atoms with E-state index in [2.05, 4.69) is 27.2 Å². The van der Waals surface area contributed by atoms with Crippen LogP contribution < -0.4 is 5.32 Å². The zero-order chi connectivity index (χ0) is 24.7. The minimum Gasteiger partial charge on any atom is -0.338 e. The Bertz CT molecular complexity index is 1080. The number of likely N-dealkylation sites (tertiary alicyclic amines) is 1. The van der Waals surface area contributed by atoms with Crippen LogP contribution in [0.3, 0.4) is 0 Å². The van der Waals surface area contributed by atoms with Gasteiger partial charge in [-0.1, -0.05) is 48.5 Å². The summed E-state index contributed by atoms with van der Waals surface area (Å²) in [4.78, 5) is 20.0. The summed E-state index contributed by atoms with van der Waals surface area (Å²) in [5, 5.41) is 3.09. The number of nitrogens with one attached hydrogen (secondary N) is 1. The molecule has 0 bridgehead atoms. The fourth-order valence-electron chi connectivity index (χ4n) is 5.26. The third-order valence-electron chi connectivity index (χ3n) is 7.19. The van der Waals surface area contributed by atoms with Gasteiger partial charge in [0.1, 0.15) is 0 Å². The molecule has 0 aromatic heterocycles. The number of urea groups is 1. The standard InChI is InChI=1S/C27H38N4O3S.ClH/c1-35(33,34)26-11-6-5-10-24(26)22-29-18-13-25(14-19-29)30-16-7-17-31(21-20-30)27(32)28-15-12-23-8-3-2-4-9-23;/h2-6,8-11,25H,7,12-22H2,1H3,(H,28,32);1H. The summed E-state index contributed by atoms with van der Waals surface area (Å²) >= 11 is 0. The van der Waals surface area contributed by atoms with Crippen molar-refractivity contribution in [1.82, 2.24) is 20.0 Å². The minimum atomic E-state index is -3.22. The van der Waals surface area contributed by atoms with E-state index in [0.717, 1.165) is 70.5 Å². The second-order valence-electron chi connectivity index (χ2n) is 9.73. The average molecular weight is 535 g/mol. The highest BCUT2D eigenvalue weighted by Crippen LogP contribution is 2.22. The van der Waals surface area contributed by atoms with E-state index in [1.165, 1.54) is 11.8 Å². The fourth-order valence-corrected chi connectivity index (χ4v) is 6.19. The summed E-state index contributed by atoms with van der Waals surface area (Å²) < 4.78 is 24.3. The molecule has 7 nitrogen and oxygen atoms in total. The lowest BCUT2D eigenvalue weighted by molar-refractivity contribution is 0.107. The van der Waals surface area contributed by atoms with Crippen LogP contribution in [0.25, 0.3) is 0 Å². The maximum Gasteiger partial charge on any atom is 0.317 e. The predicted molar refractivity (Wildman–Crippen MR) is 146 cm³/mol. The molecule has 2 amide bonds. The van der Waals surface area contributed by atoms with Crippen LogP contribution in [0, 0.1) is 0 Å². The topological polar surface area (TPSA) is 73.0 Å². The van der Waals surface area contributed by atoms with Gasteiger partial charge in [0.05, 0.1) is 4.90 Å². The maximum atomic E-state index is 12.7. The monoisotopic (exact) mass is 534 g/mol. The molecule has 4 rings (SSSR count). The number of hydrogen-bond acceptors (Lipinski definition) is 5. The summed E-state index contributed by atoms with van der Waals surface area (Å²) in [5.74, 6) is 0. The molecule has 2 aliphatic heterocycles. The third kappa shape index (κ3) is 7.93. The fraction of sp³-hybridized carbons (Fsp3) is 0.519. The molecule has 0 radical (unpaired) electrons. The Kier molecular flexibility index (Phi) is 10.6. The van der Waals surface area contributed by atoms with Crippen molar-refractivity contribution in [3.63, 3.8) is 0 Å². The highest BCUT2D eigenvalue weighted by atomic mass is 35.5. The van der Waals surface area contributed by atoms with Crippen molar-refractivity contribution in [2.45, 2.75) is 43.2 Å². The number of piperidine rings is 1. The lowest BCUT2D eigenvalue weighted by atomic mass is 10.0. The molecule has 2 saturated heterocycles. The molecule has 2 aromatic carbocycles. The number of carbonyl (C=O) groups is 1. The van der Waals surface area contributed by atoms with Gasteiger partial charge in [0.15, 0.2) is 9.84 Å². The zero-order valence-corrected chi connectivity index (χ0v) is 22.8. The van der Waals surface area contributed by atoms with Crippen molar-refractivity contribution < 1.29 is 13.2 Å². The summed E-state index contributed by atoms with van der Waals surface area (Å²) in [7, 11) is -3.22. The molecule has 0 saturated carbocycles. The van der Waals surface area contributed by atoms with E-state index in [4.69, 9.17) is 0 Å². The van der Waals surface area contributed by atoms with Crippen LogP contribution in [0.2, 0.25) is 0 Å². The molecule has 0 unspecified atom stereocenters. The molecule has 36 heavy (non-hydrogen) atoms. The second-order valence-corrected chi connectivity index (χ2v) is 11.7. The Labute approximate surface area is 222 Å². The normalized spacial score (nSPS) is 18.3. The number of halogens is 1. The van der Waals surface area contributed by atoms with Crippen molar-refractivity contribution in [1.29, 1.82) is 0 Å². The van der Waals surface area contributed by atoms with E-state index >= 15 is 0 Å². The van der Waals surface area contributed by atoms with Gasteiger partial charge in [0, 0.05) is 51.6 Å². The van der Waals surface area contributed by atoms with Crippen LogP contribution in [0.15, 0.2) is 59.5 Å². The highest BCUT2D eigenvalue weighted by molar-refractivity contribution is 7.90. The smallest absolute Gasteiger partial charge is 0.317 e. The predicted octanol–water partition coefficient (Wildman–Crippen LogP) is 3.44. The van der Waals surface area contributed by atoms with Crippen LogP contribution >= 0.6 is 12.4 Å². The summed E-state index contributed by atoms with van der Waals surface area (Å²) in [5.41, 5.74) is 2.12. The highest BCUT2D eigenvalue weighted by Gasteiger charge is 2.28. The summed E-state index contributed by atoms with van der Waals surface area (Å²) in [6.45, 7) is 6.75. The number of hydrogen-bond donors (Lipinski definition) is 1. The van der Waals surface area contributed by atoms with Gasteiger partial charge in [-0.15, -0.1) is 12.4 Å². The third-order valence-corrected chi connectivity index (χ3v) is 8.39. The van der Waals surface area contributed by atoms with Gasteiger partial charge >= 0.3 is 6.03 Å². The largest absolute Gasteiger partial charge is 0.338 e. The van der Waals surface area contributed by atoms with E-state index < -0.39 is 9.84 Å². The van der Waals surface area contributed by atoms with Crippen LogP contribution in [-0.4, -0.2) is 87.3 Å². The number of benzene rings is 2. The Balaban J connectivity index is 0.00000361. The Hall–Kier alpha value is -2.13. The lowest BCUT2D eigenvalue weighted by Crippen LogP contribution is -2.47. The van der Waals surface area contributed by atoms with Gasteiger partial charge in [0.2, 0.25) is 0 Å². The van der Waals surface area contributed by atoms with Gasteiger partial charge in [0.25, 0.3) is 0 Å². The molecule has 9 heteroatoms. The molecule has 0 aliphatic carbocycles. The van der Waals surface area contributed by atoms with Gasteiger partial charge < -0.3 is 10.2 Å². The molecule has 2 aromatic rings. The van der Waals surface area contributed by atoms with Crippen molar-refractivity contribution >= 4 is 28.3 Å². The first kappa shape index (κ1) is 28.4. The molecule has 2 heterocycles. The van der Waals surface area contributed by atoms with Crippen molar-refractivity contribution in [3.8, 4) is 0 Å². The first-order valence-electron chi connectivity index (χ1n) is 12.7. The first-order chi connectivity index (χ1) is 16.9. The SMILES string of the molecule is CS(=O)(=O)c1ccccc1CN1CCC(N2CCCN(C(=O)NCCc3ccccc3)CC2)CC1.Cl. The Morgan fingerprint density at radius 1 is 0.917 bits per heavy atom. The summed E-state index contributed by atoms with van der Waals surface area (Å²) in [6.07, 6.45) is 5.27. The van der Waals surface area contributed by atoms with Crippen LogP contribution in [0.5, 0.6) is 0 Å². The van der Waals surface area contributed by atoms with Crippen LogP contribution in [0.4, 0.5) is 4.79 Å². The van der Waals surface area contributed by atoms with Gasteiger partial charge in [-0.25, -0.2) is 13.2 Å². The second kappa shape index (κ2) is 13.4. The first-order valence-corrected chi connectivity index (χ1v) is 14.6. The van der Waals surface area contributed by atoms with E-state index in [0.29, 0.717) is 24.0 Å². The lowest BCUT2D eigenvalue weighted by Gasteiger charge is -2.38. The molecule has 1 N–H and O–H groups in total. The maximum absolute atomic E-state index is 12.7. The van der Waals surface area contributed by atoms with Gasteiger partial charge in [-0.3, -0.25) is 9.80 Å². The molecular weight excluding hydrogens is 496 g/mol. The molecule has 0 spiro atoms. The number of rotatable bonds is 7. The van der Waals surface area contributed by atoms with Crippen molar-refractivity contribution in [3.05, 3.63) is 65.7 Å². The number of sulfone groups is 1. The number of carbonyl (C=O) groups excluding carboxylic acids is 1. The zero-order valence-electron chi connectivity index (χ0n) is 21.1. The molecule has 198 valence electrons. The quantitative estimate of drug-likeness (QED) is 0.589. The Morgan fingerprint density at radius 3 is 2.33 bits per heavy atom. The summed E-state index contributed by atoms with van der Waals surface area (Å²) in [6, 6.07) is 18.1. The van der Waals surface area contributed by atoms with Crippen LogP contribution in [0.1, 0.15) is 30.4 Å². The molecule has 2 fully saturated rings. The minimum absolute atomic E-state index is 0. The van der Waals surface area contributed by atoms with E-state index in [1.807, 2.05) is 35.2 Å². The Morgan fingerprint density at radius 2 is 1.61 bits per heavy atom. The van der Waals surface area contributed by atoms with Crippen LogP contribution in [-0.2, 0) is 22.8 Å². The van der Waals surface area contributed by atoms with E-state index in [1.54, 1.807) is 12.1 Å². The number of amides is 2. The van der Waals surface area contributed by atoms with E-state index in [-0.39, 0.29) is 18.4 Å². The molecule has 2 aliphatic rings. The van der Waals surface area contributed by atoms with Crippen molar-refractivity contribution in [2.24, 2.45) is 0 Å². The van der Waals surface area contributed by atoms with Crippen molar-refractivity contribution in [2.75, 3.05) is 52.1 Å². The molecule has 0 atom stereocenters. The average Bonchev–Trinajstić information content (AvgIpc) is 3.11. The van der Waals surface area contributed by atoms with E-state index in [9.17, 15) is 13.2 Å². The van der Waals surface area contributed by atoms with Gasteiger partial charge in [-0.05, 0) is 56.0 Å².